The van der Waals surface area contributed by atoms with Crippen molar-refractivity contribution < 1.29 is 4.79 Å². The second-order valence-electron chi connectivity index (χ2n) is 5.38. The van der Waals surface area contributed by atoms with Gasteiger partial charge in [-0.1, -0.05) is 36.4 Å². The maximum Gasteiger partial charge on any atom is 0.324 e. The Kier molecular flexibility index (Phi) is 2.08. The van der Waals surface area contributed by atoms with Crippen LogP contribution in [0.15, 0.2) is 42.5 Å². The first-order valence-electron chi connectivity index (χ1n) is 6.75. The summed E-state index contributed by atoms with van der Waals surface area (Å²) in [6, 6.07) is 15.1. The highest BCUT2D eigenvalue weighted by atomic mass is 16.1. The molecule has 0 amide bonds. The molecule has 92 valence electrons. The molecule has 19 heavy (non-hydrogen) atoms. The van der Waals surface area contributed by atoms with Crippen molar-refractivity contribution in [1.82, 2.24) is 0 Å². The molecule has 1 nitrogen and oxygen atoms in total. The normalized spacial score (nSPS) is 14.3. The lowest BCUT2D eigenvalue weighted by Crippen LogP contribution is -1.95. The topological polar surface area (TPSA) is 21.4 Å². The van der Waals surface area contributed by atoms with Crippen LogP contribution in [-0.4, -0.2) is 10.6 Å². The Labute approximate surface area is 111 Å². The minimum Gasteiger partial charge on any atom is -0.278 e. The molecule has 0 atom stereocenters. The van der Waals surface area contributed by atoms with Crippen LogP contribution in [0.1, 0.15) is 23.1 Å². The minimum absolute atomic E-state index is 0.549. The molecule has 1 N–H and O–H groups in total. The van der Waals surface area contributed by atoms with E-state index in [0.717, 1.165) is 18.4 Å². The van der Waals surface area contributed by atoms with Gasteiger partial charge in [-0.3, -0.25) is 4.79 Å². The lowest BCUT2D eigenvalue weighted by molar-refractivity contribution is 0.666. The molecule has 1 aliphatic carbocycles. The highest BCUT2D eigenvalue weighted by molar-refractivity contribution is 6.14. The fourth-order valence-electron chi connectivity index (χ4n) is 3.37. The molecule has 0 fully saturated rings. The van der Waals surface area contributed by atoms with Gasteiger partial charge in [0, 0.05) is 0 Å². The van der Waals surface area contributed by atoms with Crippen LogP contribution >= 0.6 is 0 Å². The molecule has 1 heteroatoms. The molecule has 0 spiro atoms. The first-order chi connectivity index (χ1) is 9.25. The minimum atomic E-state index is 0.549. The van der Waals surface area contributed by atoms with E-state index in [0.29, 0.717) is 5.78 Å². The van der Waals surface area contributed by atoms with Gasteiger partial charge in [-0.05, 0) is 52.1 Å². The third-order valence-corrected chi connectivity index (χ3v) is 4.26. The highest BCUT2D eigenvalue weighted by Gasteiger charge is 2.27. The van der Waals surface area contributed by atoms with Crippen LogP contribution in [0.5, 0.6) is 0 Å². The number of hydrogen-bond acceptors (Lipinski definition) is 0. The average molecular weight is 247 g/mol. The van der Waals surface area contributed by atoms with Crippen molar-refractivity contribution in [1.29, 1.82) is 0 Å². The molecule has 0 aromatic heterocycles. The van der Waals surface area contributed by atoms with Gasteiger partial charge in [0.05, 0.1) is 12.0 Å². The van der Waals surface area contributed by atoms with Crippen molar-refractivity contribution >= 4 is 27.3 Å². The Hall–Kier alpha value is -2.15. The Bertz CT molecular complexity index is 843. The zero-order valence-corrected chi connectivity index (χ0v) is 10.9. The van der Waals surface area contributed by atoms with Gasteiger partial charge in [-0.25, -0.2) is 0 Å². The zero-order chi connectivity index (χ0) is 13.0. The van der Waals surface area contributed by atoms with Crippen LogP contribution in [0.3, 0.4) is 0 Å². The fraction of sp³-hybridized carbons (Fsp3) is 0.167. The van der Waals surface area contributed by atoms with Gasteiger partial charge >= 0.3 is 5.78 Å². The fourth-order valence-corrected chi connectivity index (χ4v) is 3.37. The maximum atomic E-state index is 10.00. The van der Waals surface area contributed by atoms with Gasteiger partial charge in [0.15, 0.2) is 0 Å². The van der Waals surface area contributed by atoms with Gasteiger partial charge in [0.25, 0.3) is 0 Å². The summed E-state index contributed by atoms with van der Waals surface area (Å²) >= 11 is 0. The molecule has 0 aliphatic heterocycles. The van der Waals surface area contributed by atoms with E-state index < -0.39 is 0 Å². The summed E-state index contributed by atoms with van der Waals surface area (Å²) in [5, 5.41) is 5.24. The van der Waals surface area contributed by atoms with Crippen molar-refractivity contribution in [3.8, 4) is 0 Å². The van der Waals surface area contributed by atoms with Crippen LogP contribution in [0, 0.1) is 6.92 Å². The molecule has 0 radical (unpaired) electrons. The van der Waals surface area contributed by atoms with E-state index in [-0.39, 0.29) is 0 Å². The molecule has 4 rings (SSSR count). The summed E-state index contributed by atoms with van der Waals surface area (Å²) in [4.78, 5) is 10.00. The van der Waals surface area contributed by atoms with Crippen molar-refractivity contribution in [2.24, 2.45) is 0 Å². The number of carbonyl (C=O) groups excluding carboxylic acids is 1. The first-order valence-corrected chi connectivity index (χ1v) is 6.75. The summed E-state index contributed by atoms with van der Waals surface area (Å²) in [7, 11) is 0. The van der Waals surface area contributed by atoms with E-state index in [1.54, 1.807) is 0 Å². The molecule has 0 unspecified atom stereocenters. The monoisotopic (exact) mass is 247 g/mol. The lowest BCUT2D eigenvalue weighted by atomic mass is 9.92. The van der Waals surface area contributed by atoms with Crippen molar-refractivity contribution in [2.45, 2.75) is 19.8 Å². The van der Waals surface area contributed by atoms with E-state index in [2.05, 4.69) is 49.4 Å². The predicted molar refractivity (Wildman–Crippen MR) is 80.6 cm³/mol. The van der Waals surface area contributed by atoms with Gasteiger partial charge in [0.2, 0.25) is 0 Å². The maximum absolute atomic E-state index is 10.00. The lowest BCUT2D eigenvalue weighted by Gasteiger charge is -2.10. The molecule has 0 heterocycles. The van der Waals surface area contributed by atoms with E-state index in [9.17, 15) is 4.79 Å². The van der Waals surface area contributed by atoms with E-state index in [4.69, 9.17) is 0 Å². The SMILES string of the molecule is Cc1cc2c(c3ccc4ccccc4c13)CCC2=[OH+]. The first kappa shape index (κ1) is 10.7. The molecule has 0 saturated carbocycles. The summed E-state index contributed by atoms with van der Waals surface area (Å²) in [5.74, 6) is 0.549. The Morgan fingerprint density at radius 3 is 2.68 bits per heavy atom. The number of ketones is 1. The van der Waals surface area contributed by atoms with Crippen molar-refractivity contribution in [2.75, 3.05) is 0 Å². The van der Waals surface area contributed by atoms with Crippen LogP contribution in [0.25, 0.3) is 21.5 Å². The Morgan fingerprint density at radius 1 is 0.947 bits per heavy atom. The van der Waals surface area contributed by atoms with Gasteiger partial charge < -0.3 is 0 Å². The quantitative estimate of drug-likeness (QED) is 0.420. The molecule has 3 aromatic rings. The smallest absolute Gasteiger partial charge is 0.278 e. The molecular weight excluding hydrogens is 232 g/mol. The predicted octanol–water partition coefficient (Wildman–Crippen LogP) is 4.14. The number of hydrogen-bond donors (Lipinski definition) is 0. The average Bonchev–Trinajstić information content (AvgIpc) is 2.80. The highest BCUT2D eigenvalue weighted by Crippen LogP contribution is 2.35. The van der Waals surface area contributed by atoms with Crippen molar-refractivity contribution in [3.05, 3.63) is 59.2 Å². The second-order valence-corrected chi connectivity index (χ2v) is 5.38. The molecule has 0 bridgehead atoms. The van der Waals surface area contributed by atoms with E-state index in [1.165, 1.54) is 32.7 Å². The number of aryl methyl sites for hydroxylation is 2. The van der Waals surface area contributed by atoms with Crippen LogP contribution in [-0.2, 0) is 6.42 Å². The molecule has 1 aliphatic rings. The summed E-state index contributed by atoms with van der Waals surface area (Å²) in [6.07, 6.45) is 1.73. The van der Waals surface area contributed by atoms with Crippen molar-refractivity contribution in [3.63, 3.8) is 0 Å². The van der Waals surface area contributed by atoms with Crippen LogP contribution in [0.4, 0.5) is 0 Å². The third kappa shape index (κ3) is 1.39. The van der Waals surface area contributed by atoms with E-state index in [1.807, 2.05) is 0 Å². The summed E-state index contributed by atoms with van der Waals surface area (Å²) < 4.78 is 0. The molecular formula is C18H15O+. The number of rotatable bonds is 0. The number of benzene rings is 3. The van der Waals surface area contributed by atoms with Gasteiger partial charge in [0.1, 0.15) is 0 Å². The second kappa shape index (κ2) is 3.67. The standard InChI is InChI=1S/C18H14O/c1-11-10-16-14(8-9-17(16)19)15-7-6-12-4-2-3-5-13(12)18(11)15/h2-7,10H,8-9H2,1H3/p+1. The van der Waals surface area contributed by atoms with Crippen LogP contribution in [0.2, 0.25) is 0 Å². The van der Waals surface area contributed by atoms with Gasteiger partial charge in [-0.2, -0.15) is 0 Å². The Morgan fingerprint density at radius 2 is 1.79 bits per heavy atom. The molecule has 3 aromatic carbocycles. The number of fused-ring (bicyclic) bond motifs is 5. The van der Waals surface area contributed by atoms with E-state index >= 15 is 0 Å². The Balaban J connectivity index is 2.26. The van der Waals surface area contributed by atoms with Gasteiger partial charge in [-0.15, -0.1) is 0 Å². The summed E-state index contributed by atoms with van der Waals surface area (Å²) in [5.41, 5.74) is 3.61. The summed E-state index contributed by atoms with van der Waals surface area (Å²) in [6.45, 7) is 2.14. The third-order valence-electron chi connectivity index (χ3n) is 4.26. The largest absolute Gasteiger partial charge is 0.324 e. The van der Waals surface area contributed by atoms with Crippen LogP contribution < -0.4 is 0 Å². The zero-order valence-electron chi connectivity index (χ0n) is 10.9. The molecule has 0 saturated heterocycles.